The van der Waals surface area contributed by atoms with Gasteiger partial charge in [0.1, 0.15) is 6.29 Å². The van der Waals surface area contributed by atoms with E-state index in [4.69, 9.17) is 4.74 Å². The third-order valence-corrected chi connectivity index (χ3v) is 3.98. The Morgan fingerprint density at radius 2 is 1.87 bits per heavy atom. The second kappa shape index (κ2) is 11.1. The van der Waals surface area contributed by atoms with Gasteiger partial charge in [0, 0.05) is 20.6 Å². The molecule has 0 saturated heterocycles. The van der Waals surface area contributed by atoms with Gasteiger partial charge in [-0.3, -0.25) is 9.59 Å². The molecular weight excluding hydrogens is 298 g/mol. The molecule has 0 aliphatic heterocycles. The molecular formula is C16H31N3O4. The summed E-state index contributed by atoms with van der Waals surface area (Å²) in [4.78, 5) is 38.2. The van der Waals surface area contributed by atoms with Crippen molar-refractivity contribution in [3.8, 4) is 0 Å². The molecule has 0 aliphatic carbocycles. The van der Waals surface area contributed by atoms with Crippen LogP contribution < -0.4 is 5.32 Å². The van der Waals surface area contributed by atoms with E-state index in [0.29, 0.717) is 0 Å². The second-order valence-corrected chi connectivity index (χ2v) is 6.07. The largest absolute Gasteiger partial charge is 0.379 e. The normalized spacial score (nSPS) is 14.9. The van der Waals surface area contributed by atoms with Gasteiger partial charge in [0.15, 0.2) is 0 Å². The molecule has 0 spiro atoms. The zero-order valence-electron chi connectivity index (χ0n) is 15.2. The van der Waals surface area contributed by atoms with Crippen LogP contribution in [0.15, 0.2) is 0 Å². The number of hydrogen-bond donors (Lipinski definition) is 1. The van der Waals surface area contributed by atoms with Crippen LogP contribution in [0.2, 0.25) is 0 Å². The highest BCUT2D eigenvalue weighted by Crippen LogP contribution is 2.20. The molecule has 0 aliphatic rings. The summed E-state index contributed by atoms with van der Waals surface area (Å²) >= 11 is 0. The van der Waals surface area contributed by atoms with Crippen molar-refractivity contribution in [2.45, 2.75) is 38.8 Å². The van der Waals surface area contributed by atoms with Gasteiger partial charge in [0.2, 0.25) is 11.8 Å². The molecule has 0 heterocycles. The van der Waals surface area contributed by atoms with E-state index in [1.54, 1.807) is 38.1 Å². The Morgan fingerprint density at radius 1 is 1.26 bits per heavy atom. The smallest absolute Gasteiger partial charge is 0.242 e. The predicted molar refractivity (Wildman–Crippen MR) is 89.1 cm³/mol. The van der Waals surface area contributed by atoms with Crippen LogP contribution in [-0.2, 0) is 19.1 Å². The summed E-state index contributed by atoms with van der Waals surface area (Å²) in [7, 11) is 6.80. The fraction of sp³-hybridized carbons (Fsp3) is 0.812. The number of carbonyl (C=O) groups excluding carboxylic acids is 3. The van der Waals surface area contributed by atoms with Gasteiger partial charge in [-0.1, -0.05) is 20.3 Å². The number of aldehydes is 1. The molecule has 1 N–H and O–H groups in total. The maximum absolute atomic E-state index is 12.4. The van der Waals surface area contributed by atoms with Crippen molar-refractivity contribution in [1.29, 1.82) is 0 Å². The molecule has 7 nitrogen and oxygen atoms in total. The molecule has 3 atom stereocenters. The van der Waals surface area contributed by atoms with Crippen LogP contribution >= 0.6 is 0 Å². The zero-order chi connectivity index (χ0) is 18.0. The van der Waals surface area contributed by atoms with Gasteiger partial charge in [-0.15, -0.1) is 0 Å². The van der Waals surface area contributed by atoms with Crippen molar-refractivity contribution < 1.29 is 19.1 Å². The van der Waals surface area contributed by atoms with E-state index in [9.17, 15) is 14.4 Å². The summed E-state index contributed by atoms with van der Waals surface area (Å²) in [6, 6.07) is -0.214. The molecule has 0 fully saturated rings. The first-order chi connectivity index (χ1) is 10.8. The van der Waals surface area contributed by atoms with E-state index in [0.717, 1.165) is 12.7 Å². The number of methoxy groups -OCH3 is 1. The van der Waals surface area contributed by atoms with Crippen LogP contribution in [0.1, 0.15) is 26.7 Å². The number of nitrogens with zero attached hydrogens (tertiary/aromatic N) is 2. The standard InChI is InChI=1S/C16H31N3O4/c1-7-12(2)16(13(23-6)8-9-20)19(5)15(22)10-17-14(21)11-18(3)4/h9,12-13,16H,7-8,10-11H2,1-6H3,(H,17,21). The van der Waals surface area contributed by atoms with E-state index in [-0.39, 0.29) is 49.4 Å². The minimum atomic E-state index is -0.353. The van der Waals surface area contributed by atoms with Crippen molar-refractivity contribution in [3.63, 3.8) is 0 Å². The van der Waals surface area contributed by atoms with Gasteiger partial charge < -0.3 is 24.6 Å². The van der Waals surface area contributed by atoms with E-state index >= 15 is 0 Å². The average Bonchev–Trinajstić information content (AvgIpc) is 2.50. The molecule has 23 heavy (non-hydrogen) atoms. The second-order valence-electron chi connectivity index (χ2n) is 6.07. The van der Waals surface area contributed by atoms with Gasteiger partial charge in [-0.05, 0) is 20.0 Å². The van der Waals surface area contributed by atoms with Crippen LogP contribution in [-0.4, -0.2) is 81.4 Å². The molecule has 0 radical (unpaired) electrons. The first kappa shape index (κ1) is 21.5. The third-order valence-electron chi connectivity index (χ3n) is 3.98. The first-order valence-corrected chi connectivity index (χ1v) is 7.91. The van der Waals surface area contributed by atoms with Crippen molar-refractivity contribution in [3.05, 3.63) is 0 Å². The predicted octanol–water partition coefficient (Wildman–Crippen LogP) is 0.141. The third kappa shape index (κ3) is 7.56. The van der Waals surface area contributed by atoms with Crippen molar-refractivity contribution in [1.82, 2.24) is 15.1 Å². The fourth-order valence-corrected chi connectivity index (χ4v) is 2.52. The Hall–Kier alpha value is -1.47. The number of ether oxygens (including phenoxy) is 1. The SMILES string of the molecule is CCC(C)C(C(CC=O)OC)N(C)C(=O)CNC(=O)CN(C)C. The van der Waals surface area contributed by atoms with Crippen LogP contribution in [0.3, 0.4) is 0 Å². The summed E-state index contributed by atoms with van der Waals surface area (Å²) in [5.74, 6) is -0.227. The number of nitrogens with one attached hydrogen (secondary N) is 1. The van der Waals surface area contributed by atoms with Crippen molar-refractivity contribution >= 4 is 18.1 Å². The Morgan fingerprint density at radius 3 is 2.30 bits per heavy atom. The minimum absolute atomic E-state index is 0.0619. The van der Waals surface area contributed by atoms with Gasteiger partial charge in [-0.25, -0.2) is 0 Å². The lowest BCUT2D eigenvalue weighted by Crippen LogP contribution is -2.52. The molecule has 7 heteroatoms. The lowest BCUT2D eigenvalue weighted by Gasteiger charge is -2.37. The Balaban J connectivity index is 4.85. The van der Waals surface area contributed by atoms with Gasteiger partial charge in [0.25, 0.3) is 0 Å². The van der Waals surface area contributed by atoms with E-state index in [1.807, 2.05) is 13.8 Å². The van der Waals surface area contributed by atoms with E-state index in [2.05, 4.69) is 5.32 Å². The molecule has 0 bridgehead atoms. The van der Waals surface area contributed by atoms with E-state index in [1.165, 1.54) is 0 Å². The number of rotatable bonds is 11. The number of likely N-dealkylation sites (N-methyl/N-ethyl adjacent to an activating group) is 2. The van der Waals surface area contributed by atoms with Crippen molar-refractivity contribution in [2.75, 3.05) is 41.3 Å². The zero-order valence-corrected chi connectivity index (χ0v) is 15.2. The van der Waals surface area contributed by atoms with Crippen molar-refractivity contribution in [2.24, 2.45) is 5.92 Å². The Kier molecular flexibility index (Phi) is 10.4. The molecule has 0 aromatic heterocycles. The molecule has 2 amide bonds. The highest BCUT2D eigenvalue weighted by atomic mass is 16.5. The van der Waals surface area contributed by atoms with Crippen LogP contribution in [0.5, 0.6) is 0 Å². The summed E-state index contributed by atoms with van der Waals surface area (Å²) in [6.45, 7) is 4.23. The summed E-state index contributed by atoms with van der Waals surface area (Å²) in [6.07, 6.45) is 1.54. The lowest BCUT2D eigenvalue weighted by atomic mass is 9.91. The van der Waals surface area contributed by atoms with E-state index < -0.39 is 0 Å². The molecule has 0 saturated carbocycles. The minimum Gasteiger partial charge on any atom is -0.379 e. The maximum atomic E-state index is 12.4. The van der Waals surface area contributed by atoms with Gasteiger partial charge >= 0.3 is 0 Å². The van der Waals surface area contributed by atoms with Crippen LogP contribution in [0.4, 0.5) is 0 Å². The molecule has 134 valence electrons. The Bertz CT molecular complexity index is 388. The quantitative estimate of drug-likeness (QED) is 0.546. The first-order valence-electron chi connectivity index (χ1n) is 7.91. The monoisotopic (exact) mass is 329 g/mol. The van der Waals surface area contributed by atoms with Crippen LogP contribution in [0.25, 0.3) is 0 Å². The maximum Gasteiger partial charge on any atom is 0.242 e. The summed E-state index contributed by atoms with van der Waals surface area (Å²) in [5, 5.41) is 2.61. The fourth-order valence-electron chi connectivity index (χ4n) is 2.52. The molecule has 0 rings (SSSR count). The topological polar surface area (TPSA) is 79.0 Å². The highest BCUT2D eigenvalue weighted by Gasteiger charge is 2.32. The number of hydrogen-bond acceptors (Lipinski definition) is 5. The lowest BCUT2D eigenvalue weighted by molar-refractivity contribution is -0.138. The van der Waals surface area contributed by atoms with Gasteiger partial charge in [-0.2, -0.15) is 0 Å². The number of carbonyl (C=O) groups is 3. The summed E-state index contributed by atoms with van der Waals surface area (Å²) in [5.41, 5.74) is 0. The average molecular weight is 329 g/mol. The van der Waals surface area contributed by atoms with Crippen LogP contribution in [0, 0.1) is 5.92 Å². The Labute approximate surface area is 139 Å². The summed E-state index contributed by atoms with van der Waals surface area (Å²) < 4.78 is 5.41. The highest BCUT2D eigenvalue weighted by molar-refractivity contribution is 5.85. The molecule has 3 unspecified atom stereocenters. The number of amides is 2. The molecule has 0 aromatic rings. The molecule has 0 aromatic carbocycles. The van der Waals surface area contributed by atoms with Gasteiger partial charge in [0.05, 0.1) is 25.2 Å².